The van der Waals surface area contributed by atoms with Crippen LogP contribution in [0.4, 0.5) is 5.69 Å². The third kappa shape index (κ3) is 2.25. The van der Waals surface area contributed by atoms with Crippen LogP contribution in [0.3, 0.4) is 0 Å². The van der Waals surface area contributed by atoms with Gasteiger partial charge in [0.2, 0.25) is 0 Å². The normalized spacial score (nSPS) is 10.9. The Labute approximate surface area is 108 Å². The lowest BCUT2D eigenvalue weighted by atomic mass is 10.2. The number of hydrogen-bond acceptors (Lipinski definition) is 5. The molecule has 0 N–H and O–H groups in total. The second kappa shape index (κ2) is 5.16. The van der Waals surface area contributed by atoms with E-state index in [1.54, 1.807) is 0 Å². The summed E-state index contributed by atoms with van der Waals surface area (Å²) < 4.78 is 5.75. The summed E-state index contributed by atoms with van der Waals surface area (Å²) >= 11 is 6.07. The maximum absolute atomic E-state index is 11.6. The Bertz CT molecular complexity index is 602. The van der Waals surface area contributed by atoms with Gasteiger partial charge in [-0.2, -0.15) is 0 Å². The molecule has 0 saturated carbocycles. The standard InChI is InChI=1S/C12H9NO2S2/c1-15-12(14)11-10(13-6-7-16)8-4-2-3-5-9(8)17-11/h2-7H,1H3. The topological polar surface area (TPSA) is 38.7 Å². The van der Waals surface area contributed by atoms with Crippen LogP contribution in [0.25, 0.3) is 10.1 Å². The Morgan fingerprint density at radius 1 is 1.47 bits per heavy atom. The molecule has 0 saturated heterocycles. The highest BCUT2D eigenvalue weighted by atomic mass is 32.1. The van der Waals surface area contributed by atoms with Crippen LogP contribution in [0.2, 0.25) is 0 Å². The Hall–Kier alpha value is -1.59. The minimum Gasteiger partial charge on any atom is -0.465 e. The zero-order chi connectivity index (χ0) is 12.3. The number of thiocarbonyl (C=S) groups is 1. The van der Waals surface area contributed by atoms with Gasteiger partial charge in [0.25, 0.3) is 0 Å². The first-order valence-electron chi connectivity index (χ1n) is 4.85. The molecule has 86 valence electrons. The van der Waals surface area contributed by atoms with Crippen molar-refractivity contribution in [2.75, 3.05) is 7.11 Å². The number of nitrogens with zero attached hydrogens (tertiary/aromatic N) is 1. The molecular weight excluding hydrogens is 254 g/mol. The van der Waals surface area contributed by atoms with Crippen molar-refractivity contribution >= 4 is 56.9 Å². The molecule has 0 unspecified atom stereocenters. The summed E-state index contributed by atoms with van der Waals surface area (Å²) in [5.74, 6) is -0.372. The highest BCUT2D eigenvalue weighted by Crippen LogP contribution is 2.37. The molecular formula is C12H9NO2S2. The van der Waals surface area contributed by atoms with Crippen molar-refractivity contribution in [3.05, 3.63) is 29.1 Å². The van der Waals surface area contributed by atoms with Crippen molar-refractivity contribution in [1.29, 1.82) is 0 Å². The lowest BCUT2D eigenvalue weighted by molar-refractivity contribution is 0.0607. The van der Waals surface area contributed by atoms with E-state index in [0.29, 0.717) is 10.6 Å². The molecule has 0 aliphatic heterocycles. The SMILES string of the molecule is COC(=O)c1sc2ccccc2c1N=CC=S. The average Bonchev–Trinajstić information content (AvgIpc) is 2.74. The number of hydrogen-bond donors (Lipinski definition) is 0. The molecule has 0 amide bonds. The van der Waals surface area contributed by atoms with Crippen molar-refractivity contribution in [2.45, 2.75) is 0 Å². The second-order valence-corrected chi connectivity index (χ2v) is 4.51. The van der Waals surface area contributed by atoms with Crippen LogP contribution >= 0.6 is 23.6 Å². The van der Waals surface area contributed by atoms with E-state index in [-0.39, 0.29) is 5.97 Å². The predicted molar refractivity (Wildman–Crippen MR) is 75.0 cm³/mol. The van der Waals surface area contributed by atoms with E-state index >= 15 is 0 Å². The second-order valence-electron chi connectivity index (χ2n) is 3.18. The molecule has 0 atom stereocenters. The average molecular weight is 263 g/mol. The Kier molecular flexibility index (Phi) is 3.61. The van der Waals surface area contributed by atoms with Crippen molar-refractivity contribution in [2.24, 2.45) is 4.99 Å². The zero-order valence-corrected chi connectivity index (χ0v) is 10.7. The van der Waals surface area contributed by atoms with Gasteiger partial charge in [0.15, 0.2) is 0 Å². The van der Waals surface area contributed by atoms with Gasteiger partial charge in [-0.15, -0.1) is 11.3 Å². The molecule has 0 fully saturated rings. The first-order valence-corrected chi connectivity index (χ1v) is 6.14. The minimum atomic E-state index is -0.372. The van der Waals surface area contributed by atoms with Crippen LogP contribution in [0, 0.1) is 0 Å². The van der Waals surface area contributed by atoms with E-state index in [0.717, 1.165) is 10.1 Å². The third-order valence-corrected chi connectivity index (χ3v) is 3.47. The Morgan fingerprint density at radius 3 is 2.94 bits per heavy atom. The molecule has 2 rings (SSSR count). The Balaban J connectivity index is 2.68. The van der Waals surface area contributed by atoms with Gasteiger partial charge in [-0.05, 0) is 6.07 Å². The fourth-order valence-electron chi connectivity index (χ4n) is 1.50. The van der Waals surface area contributed by atoms with Crippen LogP contribution in [-0.2, 0) is 4.74 Å². The molecule has 0 spiro atoms. The fraction of sp³-hybridized carbons (Fsp3) is 0.0833. The predicted octanol–water partition coefficient (Wildman–Crippen LogP) is 3.39. The van der Waals surface area contributed by atoms with E-state index in [2.05, 4.69) is 4.99 Å². The molecule has 0 aliphatic rings. The van der Waals surface area contributed by atoms with Crippen molar-refractivity contribution in [3.63, 3.8) is 0 Å². The zero-order valence-electron chi connectivity index (χ0n) is 9.04. The van der Waals surface area contributed by atoms with Gasteiger partial charge in [-0.1, -0.05) is 30.4 Å². The van der Waals surface area contributed by atoms with Gasteiger partial charge in [0.05, 0.1) is 12.8 Å². The van der Waals surface area contributed by atoms with E-state index < -0.39 is 0 Å². The highest BCUT2D eigenvalue weighted by Gasteiger charge is 2.17. The third-order valence-electron chi connectivity index (χ3n) is 2.20. The lowest BCUT2D eigenvalue weighted by Gasteiger charge is -1.96. The Morgan fingerprint density at radius 2 is 2.24 bits per heavy atom. The van der Waals surface area contributed by atoms with Gasteiger partial charge >= 0.3 is 5.97 Å². The summed E-state index contributed by atoms with van der Waals surface area (Å²) in [4.78, 5) is 16.4. The van der Waals surface area contributed by atoms with Crippen LogP contribution in [-0.4, -0.2) is 24.7 Å². The van der Waals surface area contributed by atoms with Crippen LogP contribution in [0.15, 0.2) is 29.3 Å². The molecule has 1 aromatic heterocycles. The molecule has 0 aliphatic carbocycles. The number of carbonyl (C=O) groups excluding carboxylic acids is 1. The number of benzene rings is 1. The van der Waals surface area contributed by atoms with Crippen molar-refractivity contribution < 1.29 is 9.53 Å². The summed E-state index contributed by atoms with van der Waals surface area (Å²) in [6, 6.07) is 7.70. The first-order chi connectivity index (χ1) is 8.27. The quantitative estimate of drug-likeness (QED) is 0.484. The number of fused-ring (bicyclic) bond motifs is 1. The summed E-state index contributed by atoms with van der Waals surface area (Å²) in [6.07, 6.45) is 1.50. The van der Waals surface area contributed by atoms with Gasteiger partial charge in [0.1, 0.15) is 4.88 Å². The summed E-state index contributed by atoms with van der Waals surface area (Å²) in [5.41, 5.74) is 0.624. The highest BCUT2D eigenvalue weighted by molar-refractivity contribution is 7.80. The molecule has 2 aromatic rings. The maximum atomic E-state index is 11.6. The summed E-state index contributed by atoms with van der Waals surface area (Å²) in [6.45, 7) is 0. The molecule has 0 bridgehead atoms. The smallest absolute Gasteiger partial charge is 0.350 e. The summed E-state index contributed by atoms with van der Waals surface area (Å²) in [5, 5.41) is 2.35. The van der Waals surface area contributed by atoms with Crippen molar-refractivity contribution in [3.8, 4) is 0 Å². The number of aliphatic imine (C=N–C) groups is 1. The molecule has 0 radical (unpaired) electrons. The molecule has 1 heterocycles. The van der Waals surface area contributed by atoms with Crippen LogP contribution in [0.5, 0.6) is 0 Å². The van der Waals surface area contributed by atoms with Gasteiger partial charge in [-0.3, -0.25) is 4.99 Å². The van der Waals surface area contributed by atoms with Crippen LogP contribution in [0.1, 0.15) is 9.67 Å². The molecule has 5 heteroatoms. The number of methoxy groups -OCH3 is 1. The monoisotopic (exact) mass is 263 g/mol. The van der Waals surface area contributed by atoms with Crippen molar-refractivity contribution in [1.82, 2.24) is 0 Å². The van der Waals surface area contributed by atoms with E-state index in [4.69, 9.17) is 17.0 Å². The van der Waals surface area contributed by atoms with E-state index in [1.807, 2.05) is 24.3 Å². The number of esters is 1. The lowest BCUT2D eigenvalue weighted by Crippen LogP contribution is -1.97. The number of ether oxygens (including phenoxy) is 1. The fourth-order valence-corrected chi connectivity index (χ4v) is 2.62. The van der Waals surface area contributed by atoms with Gasteiger partial charge in [-0.25, -0.2) is 4.79 Å². The maximum Gasteiger partial charge on any atom is 0.350 e. The molecule has 3 nitrogen and oxygen atoms in total. The largest absolute Gasteiger partial charge is 0.465 e. The number of thiophene rings is 1. The first kappa shape index (κ1) is 11.9. The summed E-state index contributed by atoms with van der Waals surface area (Å²) in [7, 11) is 1.36. The van der Waals surface area contributed by atoms with Gasteiger partial charge in [0, 0.05) is 21.7 Å². The van der Waals surface area contributed by atoms with Gasteiger partial charge < -0.3 is 4.74 Å². The van der Waals surface area contributed by atoms with Crippen LogP contribution < -0.4 is 0 Å². The number of rotatable bonds is 3. The molecule has 17 heavy (non-hydrogen) atoms. The minimum absolute atomic E-state index is 0.372. The number of carbonyl (C=O) groups is 1. The molecule has 1 aromatic carbocycles. The van der Waals surface area contributed by atoms with E-state index in [1.165, 1.54) is 30.0 Å². The van der Waals surface area contributed by atoms with E-state index in [9.17, 15) is 4.79 Å².